The smallest absolute Gasteiger partial charge is 0.220 e. The lowest BCUT2D eigenvalue weighted by Crippen LogP contribution is -2.66. The summed E-state index contributed by atoms with van der Waals surface area (Å²) in [5, 5.41) is 120. The Balaban J connectivity index is 1.36. The molecule has 3 aliphatic rings. The second-order valence-electron chi connectivity index (χ2n) is 25.3. The van der Waals surface area contributed by atoms with Crippen LogP contribution in [0.15, 0.2) is 36.5 Å². The van der Waals surface area contributed by atoms with Gasteiger partial charge in [0.25, 0.3) is 0 Å². The van der Waals surface area contributed by atoms with Crippen molar-refractivity contribution < 1.29 is 89.4 Å². The van der Waals surface area contributed by atoms with Crippen molar-refractivity contribution in [1.82, 2.24) is 5.32 Å². The average Bonchev–Trinajstić information content (AvgIpc) is 1.54. The largest absolute Gasteiger partial charge is 0.394 e. The summed E-state index contributed by atoms with van der Waals surface area (Å²) in [4.78, 5) is 13.4. The number of unbranched alkanes of at least 4 members (excludes halogenated alkanes) is 32. The molecule has 17 unspecified atom stereocenters. The van der Waals surface area contributed by atoms with E-state index in [1.54, 1.807) is 0 Å². The van der Waals surface area contributed by atoms with Crippen LogP contribution in [0.3, 0.4) is 0 Å². The molecule has 0 spiro atoms. The molecule has 0 aliphatic carbocycles. The lowest BCUT2D eigenvalue weighted by atomic mass is 9.96. The maximum atomic E-state index is 13.4. The van der Waals surface area contributed by atoms with Gasteiger partial charge in [0.05, 0.1) is 38.6 Å². The van der Waals surface area contributed by atoms with E-state index < -0.39 is 124 Å². The van der Waals surface area contributed by atoms with Crippen molar-refractivity contribution in [3.05, 3.63) is 36.5 Å². The van der Waals surface area contributed by atoms with Crippen LogP contribution in [0.25, 0.3) is 0 Å². The number of carbonyl (C=O) groups excluding carboxylic acids is 1. The third kappa shape index (κ3) is 33.2. The standard InChI is InChI=1S/C69H127NO18/c1-3-5-7-9-11-13-15-17-18-19-20-21-22-23-24-25-26-27-28-29-30-31-32-33-34-35-37-39-41-43-45-47-57(75)70-52(53(74)46-44-42-40-38-36-16-14-12-10-8-6-4-2)51-83-67-63(81)60(78)65(55(49-72)85-67)88-69-64(82)61(79)66(56(50-73)86-69)87-68-62(80)59(77)58(76)54(48-71)84-68/h15,17,19-20,22-23,52-56,58-69,71-74,76-82H,3-14,16,18,21,24-51H2,1-2H3,(H,70,75)/b17-15-,20-19-,23-22-. The molecule has 3 saturated heterocycles. The van der Waals surface area contributed by atoms with Crippen LogP contribution in [0, 0.1) is 0 Å². The van der Waals surface area contributed by atoms with Gasteiger partial charge < -0.3 is 89.9 Å². The number of nitrogens with one attached hydrogen (secondary N) is 1. The van der Waals surface area contributed by atoms with Gasteiger partial charge >= 0.3 is 0 Å². The van der Waals surface area contributed by atoms with Gasteiger partial charge in [0.1, 0.15) is 73.2 Å². The monoisotopic (exact) mass is 1260 g/mol. The van der Waals surface area contributed by atoms with E-state index in [2.05, 4.69) is 55.6 Å². The minimum absolute atomic E-state index is 0.242. The third-order valence-corrected chi connectivity index (χ3v) is 17.7. The van der Waals surface area contributed by atoms with Gasteiger partial charge in [-0.05, 0) is 51.4 Å². The zero-order chi connectivity index (χ0) is 64.0. The van der Waals surface area contributed by atoms with Crippen molar-refractivity contribution in [3.63, 3.8) is 0 Å². The Bertz CT molecular complexity index is 1740. The molecule has 0 bridgehead atoms. The maximum Gasteiger partial charge on any atom is 0.220 e. The number of rotatable bonds is 54. The Labute approximate surface area is 530 Å². The molecule has 0 aromatic carbocycles. The average molecular weight is 1260 g/mol. The summed E-state index contributed by atoms with van der Waals surface area (Å²) in [5.41, 5.74) is 0. The number of aliphatic hydroxyl groups excluding tert-OH is 11. The minimum atomic E-state index is -1.97. The highest BCUT2D eigenvalue weighted by Crippen LogP contribution is 2.33. The van der Waals surface area contributed by atoms with E-state index in [1.807, 2.05) is 0 Å². The minimum Gasteiger partial charge on any atom is -0.394 e. The zero-order valence-electron chi connectivity index (χ0n) is 54.5. The highest BCUT2D eigenvalue weighted by atomic mass is 16.8. The predicted octanol–water partition coefficient (Wildman–Crippen LogP) is 9.22. The van der Waals surface area contributed by atoms with Crippen LogP contribution in [0.5, 0.6) is 0 Å². The van der Waals surface area contributed by atoms with E-state index in [-0.39, 0.29) is 18.9 Å². The second-order valence-corrected chi connectivity index (χ2v) is 25.3. The van der Waals surface area contributed by atoms with E-state index in [4.69, 9.17) is 28.4 Å². The van der Waals surface area contributed by atoms with E-state index >= 15 is 0 Å². The first-order valence-electron chi connectivity index (χ1n) is 35.2. The molecule has 12 N–H and O–H groups in total. The van der Waals surface area contributed by atoms with E-state index in [9.17, 15) is 61.0 Å². The first kappa shape index (κ1) is 80.2. The number of hydrogen-bond donors (Lipinski definition) is 12. The number of amides is 1. The van der Waals surface area contributed by atoms with Gasteiger partial charge in [-0.15, -0.1) is 0 Å². The van der Waals surface area contributed by atoms with Crippen LogP contribution >= 0.6 is 0 Å². The maximum absolute atomic E-state index is 13.4. The van der Waals surface area contributed by atoms with Crippen molar-refractivity contribution >= 4 is 5.91 Å². The molecular formula is C69H127NO18. The SMILES string of the molecule is CCCCCCC/C=C\C/C=C\C/C=C\CCCCCCCCCCCCCCCCCCC(=O)NC(COC1OC(CO)C(OC2OC(CO)C(OC3OC(CO)C(O)C(O)C3O)C(O)C2O)C(O)C1O)C(O)CCCCCCCCCCCCCC. The molecular weight excluding hydrogens is 1130 g/mol. The summed E-state index contributed by atoms with van der Waals surface area (Å²) in [6, 6.07) is -0.885. The van der Waals surface area contributed by atoms with Crippen molar-refractivity contribution in [2.75, 3.05) is 26.4 Å². The molecule has 1 amide bonds. The van der Waals surface area contributed by atoms with E-state index in [0.717, 1.165) is 57.8 Å². The Hall–Kier alpha value is -1.99. The highest BCUT2D eigenvalue weighted by molar-refractivity contribution is 5.76. The van der Waals surface area contributed by atoms with Crippen LogP contribution in [0.1, 0.15) is 264 Å². The fourth-order valence-corrected chi connectivity index (χ4v) is 12.0. The van der Waals surface area contributed by atoms with Gasteiger partial charge in [0.15, 0.2) is 18.9 Å². The fraction of sp³-hybridized carbons (Fsp3) is 0.899. The highest BCUT2D eigenvalue weighted by Gasteiger charge is 2.53. The molecule has 3 fully saturated rings. The van der Waals surface area contributed by atoms with Gasteiger partial charge in [-0.3, -0.25) is 4.79 Å². The van der Waals surface area contributed by atoms with Crippen molar-refractivity contribution in [2.24, 2.45) is 0 Å². The molecule has 3 rings (SSSR count). The van der Waals surface area contributed by atoms with Crippen molar-refractivity contribution in [2.45, 2.75) is 369 Å². The van der Waals surface area contributed by atoms with Gasteiger partial charge in [0.2, 0.25) is 5.91 Å². The topological polar surface area (TPSA) is 307 Å². The molecule has 3 aliphatic heterocycles. The van der Waals surface area contributed by atoms with Gasteiger partial charge in [-0.25, -0.2) is 0 Å². The summed E-state index contributed by atoms with van der Waals surface area (Å²) in [6.45, 7) is 1.79. The number of carbonyl (C=O) groups is 1. The first-order chi connectivity index (χ1) is 42.8. The normalized spacial score (nSPS) is 28.6. The lowest BCUT2D eigenvalue weighted by molar-refractivity contribution is -0.379. The van der Waals surface area contributed by atoms with Crippen molar-refractivity contribution in [3.8, 4) is 0 Å². The summed E-state index contributed by atoms with van der Waals surface area (Å²) >= 11 is 0. The molecule has 19 heteroatoms. The molecule has 516 valence electrons. The Morgan fingerprint density at radius 2 is 0.750 bits per heavy atom. The van der Waals surface area contributed by atoms with Crippen LogP contribution < -0.4 is 5.32 Å². The number of hydrogen-bond acceptors (Lipinski definition) is 18. The number of ether oxygens (including phenoxy) is 6. The van der Waals surface area contributed by atoms with E-state index in [1.165, 1.54) is 173 Å². The summed E-state index contributed by atoms with van der Waals surface area (Å²) < 4.78 is 34.4. The number of allylic oxidation sites excluding steroid dienone is 6. The molecule has 0 aromatic rings. The Morgan fingerprint density at radius 1 is 0.409 bits per heavy atom. The summed E-state index contributed by atoms with van der Waals surface area (Å²) in [6.07, 6.45) is 32.4. The quantitative estimate of drug-likeness (QED) is 0.0199. The lowest BCUT2D eigenvalue weighted by Gasteiger charge is -2.48. The van der Waals surface area contributed by atoms with Gasteiger partial charge in [0, 0.05) is 6.42 Å². The van der Waals surface area contributed by atoms with Crippen LogP contribution in [0.4, 0.5) is 0 Å². The Kier molecular flexibility index (Phi) is 46.9. The summed E-state index contributed by atoms with van der Waals surface area (Å²) in [7, 11) is 0. The summed E-state index contributed by atoms with van der Waals surface area (Å²) in [5.74, 6) is -0.242. The van der Waals surface area contributed by atoms with Gasteiger partial charge in [-0.2, -0.15) is 0 Å². The molecule has 3 heterocycles. The molecule has 0 radical (unpaired) electrons. The molecule has 88 heavy (non-hydrogen) atoms. The number of aliphatic hydroxyl groups is 11. The Morgan fingerprint density at radius 3 is 1.17 bits per heavy atom. The molecule has 0 saturated carbocycles. The van der Waals surface area contributed by atoms with Crippen molar-refractivity contribution in [1.29, 1.82) is 0 Å². The van der Waals surface area contributed by atoms with Crippen LogP contribution in [-0.2, 0) is 33.2 Å². The second kappa shape index (κ2) is 51.4. The third-order valence-electron chi connectivity index (χ3n) is 17.7. The molecule has 19 nitrogen and oxygen atoms in total. The molecule has 17 atom stereocenters. The molecule has 0 aromatic heterocycles. The first-order valence-corrected chi connectivity index (χ1v) is 35.2. The predicted molar refractivity (Wildman–Crippen MR) is 342 cm³/mol. The zero-order valence-corrected chi connectivity index (χ0v) is 54.5. The van der Waals surface area contributed by atoms with Crippen LogP contribution in [0.2, 0.25) is 0 Å². The fourth-order valence-electron chi connectivity index (χ4n) is 12.0. The van der Waals surface area contributed by atoms with E-state index in [0.29, 0.717) is 12.8 Å². The van der Waals surface area contributed by atoms with Gasteiger partial charge in [-0.1, -0.05) is 243 Å². The van der Waals surface area contributed by atoms with Crippen LogP contribution in [-0.4, -0.2) is 193 Å².